The summed E-state index contributed by atoms with van der Waals surface area (Å²) in [4.78, 5) is 0. The summed E-state index contributed by atoms with van der Waals surface area (Å²) in [7, 11) is 0. The van der Waals surface area contributed by atoms with Crippen LogP contribution >= 0.6 is 31.9 Å². The van der Waals surface area contributed by atoms with E-state index in [4.69, 9.17) is 30.4 Å². The predicted molar refractivity (Wildman–Crippen MR) is 256 cm³/mol. The Morgan fingerprint density at radius 3 is 1.38 bits per heavy atom. The number of ether oxygens (including phenoxy) is 3. The summed E-state index contributed by atoms with van der Waals surface area (Å²) in [6, 6.07) is 43.3. The highest BCUT2D eigenvalue weighted by atomic mass is 79.9. The molecule has 1 aliphatic rings. The van der Waals surface area contributed by atoms with Crippen LogP contribution in [0.2, 0.25) is 0 Å². The smallest absolute Gasteiger partial charge is 0.306 e. The molecular weight excluding hydrogens is 886 g/mol. The van der Waals surface area contributed by atoms with Crippen LogP contribution in [0.25, 0.3) is 11.1 Å². The van der Waals surface area contributed by atoms with Gasteiger partial charge in [0.05, 0.1) is 11.1 Å². The van der Waals surface area contributed by atoms with Gasteiger partial charge in [0.15, 0.2) is 0 Å². The SMILES string of the molecule is C=C(C)C(OC(=N)c1ccc(OC2(Oc3ccc(C(=N)CC(=N)c4ccc(C(C)(C)C)cc4)cc3)c3cc(Br)ccc3-c3ccc(Br)cc32)cc1)c1ccc(C(C)(C)C)cc1. The first-order valence-electron chi connectivity index (χ1n) is 20.3. The molecule has 1 atom stereocenters. The van der Waals surface area contributed by atoms with Crippen LogP contribution in [-0.4, -0.2) is 17.3 Å². The Morgan fingerprint density at radius 1 is 0.574 bits per heavy atom. The van der Waals surface area contributed by atoms with Crippen molar-refractivity contribution < 1.29 is 14.2 Å². The summed E-state index contributed by atoms with van der Waals surface area (Å²) < 4.78 is 22.1. The van der Waals surface area contributed by atoms with Gasteiger partial charge in [-0.3, -0.25) is 5.41 Å². The molecular formula is C53H51Br2N3O3. The molecule has 8 heteroatoms. The maximum atomic E-state index is 8.96. The zero-order chi connectivity index (χ0) is 43.9. The number of fused-ring (bicyclic) bond motifs is 3. The molecule has 0 fully saturated rings. The summed E-state index contributed by atoms with van der Waals surface area (Å²) in [6.07, 6.45) is -0.285. The lowest BCUT2D eigenvalue weighted by Gasteiger charge is -2.33. The van der Waals surface area contributed by atoms with Crippen LogP contribution in [0.15, 0.2) is 155 Å². The van der Waals surface area contributed by atoms with Crippen molar-refractivity contribution in [3.05, 3.63) is 199 Å². The van der Waals surface area contributed by atoms with E-state index in [0.717, 1.165) is 47.9 Å². The highest BCUT2D eigenvalue weighted by molar-refractivity contribution is 9.10. The molecule has 0 bridgehead atoms. The van der Waals surface area contributed by atoms with Crippen LogP contribution in [0.5, 0.6) is 11.5 Å². The molecule has 0 aliphatic heterocycles. The van der Waals surface area contributed by atoms with Crippen LogP contribution < -0.4 is 9.47 Å². The number of halogens is 2. The number of nitrogens with one attached hydrogen (secondary N) is 3. The molecule has 6 aromatic carbocycles. The molecule has 0 saturated carbocycles. The summed E-state index contributed by atoms with van der Waals surface area (Å²) in [5, 5.41) is 26.6. The van der Waals surface area contributed by atoms with Crippen molar-refractivity contribution in [3.63, 3.8) is 0 Å². The van der Waals surface area contributed by atoms with E-state index in [9.17, 15) is 0 Å². The molecule has 1 unspecified atom stereocenters. The molecule has 310 valence electrons. The minimum Gasteiger partial charge on any atom is -0.465 e. The molecule has 1 aliphatic carbocycles. The first-order chi connectivity index (χ1) is 28.8. The predicted octanol–water partition coefficient (Wildman–Crippen LogP) is 14.6. The molecule has 0 saturated heterocycles. The highest BCUT2D eigenvalue weighted by Crippen LogP contribution is 2.52. The lowest BCUT2D eigenvalue weighted by Crippen LogP contribution is -2.39. The van der Waals surface area contributed by atoms with E-state index < -0.39 is 11.9 Å². The number of rotatable bonds is 12. The van der Waals surface area contributed by atoms with Gasteiger partial charge in [-0.05, 0) is 135 Å². The molecule has 7 rings (SSSR count). The van der Waals surface area contributed by atoms with E-state index >= 15 is 0 Å². The van der Waals surface area contributed by atoms with Crippen molar-refractivity contribution in [1.29, 1.82) is 16.2 Å². The van der Waals surface area contributed by atoms with E-state index in [2.05, 4.69) is 129 Å². The van der Waals surface area contributed by atoms with E-state index in [1.165, 1.54) is 11.1 Å². The fourth-order valence-corrected chi connectivity index (χ4v) is 8.23. The van der Waals surface area contributed by atoms with Crippen molar-refractivity contribution in [2.45, 2.75) is 77.6 Å². The highest BCUT2D eigenvalue weighted by Gasteiger charge is 2.49. The van der Waals surface area contributed by atoms with Gasteiger partial charge in [0.2, 0.25) is 5.90 Å². The standard InChI is InChI=1S/C53H51Br2N3O3/c1-32(2)49(35-11-19-38(20-12-35)52(6,7)8)59-50(58)36-15-25-42(26-16-36)61-53(45-29-39(54)21-27-43(45)44-28-22-40(55)30-46(44)53)60-41-23-13-34(14-24-41)48(57)31-47(56)33-9-17-37(18-10-33)51(3,4)5/h9-30,49,56-58H,1,31H2,2-8H3. The second kappa shape index (κ2) is 17.1. The van der Waals surface area contributed by atoms with Gasteiger partial charge < -0.3 is 25.0 Å². The zero-order valence-electron chi connectivity index (χ0n) is 35.7. The van der Waals surface area contributed by atoms with Crippen molar-refractivity contribution >= 4 is 49.2 Å². The Kier molecular flexibility index (Phi) is 12.2. The Morgan fingerprint density at radius 2 is 0.967 bits per heavy atom. The summed E-state index contributed by atoms with van der Waals surface area (Å²) in [5.41, 5.74) is 10.6. The molecule has 3 N–H and O–H groups in total. The molecule has 6 nitrogen and oxygen atoms in total. The van der Waals surface area contributed by atoms with Gasteiger partial charge in [0, 0.05) is 32.4 Å². The number of benzene rings is 6. The van der Waals surface area contributed by atoms with Crippen LogP contribution in [0, 0.1) is 16.2 Å². The Labute approximate surface area is 376 Å². The third-order valence-electron chi connectivity index (χ3n) is 11.0. The Hall–Kier alpha value is -5.57. The lowest BCUT2D eigenvalue weighted by atomic mass is 9.86. The van der Waals surface area contributed by atoms with Crippen LogP contribution in [0.1, 0.15) is 105 Å². The van der Waals surface area contributed by atoms with Gasteiger partial charge in [-0.15, -0.1) is 0 Å². The Balaban J connectivity index is 1.15. The monoisotopic (exact) mass is 935 g/mol. The molecule has 0 radical (unpaired) electrons. The Bertz CT molecular complexity index is 2580. The normalized spacial score (nSPS) is 13.4. The first kappa shape index (κ1) is 43.5. The average Bonchev–Trinajstić information content (AvgIpc) is 3.46. The van der Waals surface area contributed by atoms with E-state index in [1.807, 2.05) is 91.9 Å². The van der Waals surface area contributed by atoms with Crippen molar-refractivity contribution in [2.75, 3.05) is 0 Å². The molecule has 0 aromatic heterocycles. The second-order valence-electron chi connectivity index (χ2n) is 17.8. The lowest BCUT2D eigenvalue weighted by molar-refractivity contribution is -0.0806. The summed E-state index contributed by atoms with van der Waals surface area (Å²) in [6.45, 7) is 19.1. The number of hydrogen-bond acceptors (Lipinski definition) is 6. The van der Waals surface area contributed by atoms with E-state index in [-0.39, 0.29) is 23.1 Å². The minimum atomic E-state index is -1.41. The fourth-order valence-electron chi connectivity index (χ4n) is 7.51. The van der Waals surface area contributed by atoms with E-state index in [1.54, 1.807) is 0 Å². The van der Waals surface area contributed by atoms with Gasteiger partial charge in [0.25, 0.3) is 0 Å². The van der Waals surface area contributed by atoms with Gasteiger partial charge in [-0.2, -0.15) is 0 Å². The van der Waals surface area contributed by atoms with Crippen molar-refractivity contribution in [3.8, 4) is 22.6 Å². The first-order valence-corrected chi connectivity index (χ1v) is 21.9. The second-order valence-corrected chi connectivity index (χ2v) is 19.6. The van der Waals surface area contributed by atoms with Crippen molar-refractivity contribution in [2.24, 2.45) is 0 Å². The third kappa shape index (κ3) is 9.36. The van der Waals surface area contributed by atoms with Gasteiger partial charge in [0.1, 0.15) is 17.6 Å². The molecule has 0 amide bonds. The van der Waals surface area contributed by atoms with Gasteiger partial charge in [-0.25, -0.2) is 0 Å². The zero-order valence-corrected chi connectivity index (χ0v) is 38.8. The quantitative estimate of drug-likeness (QED) is 0.0493. The largest absolute Gasteiger partial charge is 0.465 e. The molecule has 6 aromatic rings. The molecule has 0 spiro atoms. The summed E-state index contributed by atoms with van der Waals surface area (Å²) in [5.74, 6) is -0.327. The number of hydrogen-bond donors (Lipinski definition) is 3. The average molecular weight is 938 g/mol. The van der Waals surface area contributed by atoms with Crippen LogP contribution in [-0.2, 0) is 21.4 Å². The topological polar surface area (TPSA) is 99.2 Å². The van der Waals surface area contributed by atoms with Gasteiger partial charge in [-0.1, -0.05) is 141 Å². The molecule has 0 heterocycles. The van der Waals surface area contributed by atoms with Crippen LogP contribution in [0.3, 0.4) is 0 Å². The summed E-state index contributed by atoms with van der Waals surface area (Å²) >= 11 is 7.40. The van der Waals surface area contributed by atoms with E-state index in [0.29, 0.717) is 34.0 Å². The fraction of sp³-hybridized carbons (Fsp3) is 0.226. The maximum absolute atomic E-state index is 8.96. The van der Waals surface area contributed by atoms with Crippen LogP contribution in [0.4, 0.5) is 0 Å². The third-order valence-corrected chi connectivity index (χ3v) is 12.0. The van der Waals surface area contributed by atoms with Crippen molar-refractivity contribution in [1.82, 2.24) is 0 Å². The van der Waals surface area contributed by atoms with Gasteiger partial charge >= 0.3 is 5.79 Å². The molecule has 61 heavy (non-hydrogen) atoms. The maximum Gasteiger partial charge on any atom is 0.306 e. The minimum absolute atomic E-state index is 0.0223.